The molecule has 0 fully saturated rings. The van der Waals surface area contributed by atoms with Crippen molar-refractivity contribution in [2.75, 3.05) is 19.9 Å². The summed E-state index contributed by atoms with van der Waals surface area (Å²) in [4.78, 5) is 22.4. The van der Waals surface area contributed by atoms with Crippen LogP contribution in [0, 0.1) is 0 Å². The van der Waals surface area contributed by atoms with Gasteiger partial charge in [-0.1, -0.05) is 0 Å². The zero-order valence-electron chi connectivity index (χ0n) is 8.61. The van der Waals surface area contributed by atoms with Crippen LogP contribution in [0.15, 0.2) is 12.3 Å². The number of methoxy groups -OCH3 is 1. The maximum absolute atomic E-state index is 11.3. The standard InChI is InChI=1S/C9H13N3O3/c1-11-8(13)5-12-4-6(10)3-7(12)9(14)15-2/h3-4H,5,10H2,1-2H3,(H,11,13). The van der Waals surface area contributed by atoms with E-state index in [4.69, 9.17) is 5.73 Å². The van der Waals surface area contributed by atoms with Crippen LogP contribution in [0.2, 0.25) is 0 Å². The van der Waals surface area contributed by atoms with Gasteiger partial charge >= 0.3 is 5.97 Å². The second-order valence-electron chi connectivity index (χ2n) is 2.95. The van der Waals surface area contributed by atoms with Crippen LogP contribution in [0.4, 0.5) is 5.69 Å². The van der Waals surface area contributed by atoms with E-state index >= 15 is 0 Å². The van der Waals surface area contributed by atoms with E-state index in [0.29, 0.717) is 5.69 Å². The van der Waals surface area contributed by atoms with Crippen molar-refractivity contribution in [2.24, 2.45) is 0 Å². The summed E-state index contributed by atoms with van der Waals surface area (Å²) in [6.45, 7) is 0.0398. The first-order valence-electron chi connectivity index (χ1n) is 4.33. The van der Waals surface area contributed by atoms with Crippen LogP contribution in [0.25, 0.3) is 0 Å². The first kappa shape index (κ1) is 11.1. The minimum absolute atomic E-state index is 0.0398. The van der Waals surface area contributed by atoms with Gasteiger partial charge in [0.15, 0.2) is 0 Å². The smallest absolute Gasteiger partial charge is 0.354 e. The Morgan fingerprint density at radius 3 is 2.80 bits per heavy atom. The molecule has 0 radical (unpaired) electrons. The second-order valence-corrected chi connectivity index (χ2v) is 2.95. The first-order chi connectivity index (χ1) is 7.08. The van der Waals surface area contributed by atoms with Gasteiger partial charge in [0.05, 0.1) is 12.8 Å². The molecule has 1 amide bonds. The van der Waals surface area contributed by atoms with Crippen molar-refractivity contribution in [1.82, 2.24) is 9.88 Å². The van der Waals surface area contributed by atoms with Crippen molar-refractivity contribution in [2.45, 2.75) is 6.54 Å². The summed E-state index contributed by atoms with van der Waals surface area (Å²) < 4.78 is 6.00. The van der Waals surface area contributed by atoms with Crippen LogP contribution < -0.4 is 11.1 Å². The van der Waals surface area contributed by atoms with Crippen LogP contribution >= 0.6 is 0 Å². The van der Waals surface area contributed by atoms with E-state index < -0.39 is 5.97 Å². The molecule has 0 unspecified atom stereocenters. The highest BCUT2D eigenvalue weighted by molar-refractivity contribution is 5.89. The van der Waals surface area contributed by atoms with Gasteiger partial charge in [-0.3, -0.25) is 4.79 Å². The van der Waals surface area contributed by atoms with E-state index in [1.54, 1.807) is 0 Å². The van der Waals surface area contributed by atoms with Crippen molar-refractivity contribution >= 4 is 17.6 Å². The van der Waals surface area contributed by atoms with E-state index in [1.807, 2.05) is 0 Å². The van der Waals surface area contributed by atoms with Gasteiger partial charge in [-0.15, -0.1) is 0 Å². The summed E-state index contributed by atoms with van der Waals surface area (Å²) in [7, 11) is 2.79. The molecule has 1 rings (SSSR count). The van der Waals surface area contributed by atoms with Gasteiger partial charge in [-0.05, 0) is 6.07 Å². The van der Waals surface area contributed by atoms with Crippen LogP contribution in [-0.4, -0.2) is 30.6 Å². The van der Waals surface area contributed by atoms with Gasteiger partial charge in [0.2, 0.25) is 5.91 Å². The molecule has 0 atom stereocenters. The summed E-state index contributed by atoms with van der Waals surface area (Å²) in [6, 6.07) is 1.47. The van der Waals surface area contributed by atoms with Crippen molar-refractivity contribution < 1.29 is 14.3 Å². The Kier molecular flexibility index (Phi) is 3.33. The predicted molar refractivity (Wildman–Crippen MR) is 54.3 cm³/mol. The summed E-state index contributed by atoms with van der Waals surface area (Å²) in [5.74, 6) is -0.730. The quantitative estimate of drug-likeness (QED) is 0.666. The highest BCUT2D eigenvalue weighted by atomic mass is 16.5. The number of nitrogens with zero attached hydrogens (tertiary/aromatic N) is 1. The largest absolute Gasteiger partial charge is 0.464 e. The zero-order chi connectivity index (χ0) is 11.4. The lowest BCUT2D eigenvalue weighted by atomic mass is 10.4. The van der Waals surface area contributed by atoms with Gasteiger partial charge in [0, 0.05) is 13.2 Å². The Balaban J connectivity index is 2.96. The topological polar surface area (TPSA) is 86.4 Å². The number of nitrogens with two attached hydrogens (primary N) is 1. The molecule has 1 heterocycles. The summed E-state index contributed by atoms with van der Waals surface area (Å²) >= 11 is 0. The van der Waals surface area contributed by atoms with Crippen molar-refractivity contribution in [3.05, 3.63) is 18.0 Å². The van der Waals surface area contributed by atoms with Crippen LogP contribution in [0.1, 0.15) is 10.5 Å². The van der Waals surface area contributed by atoms with Gasteiger partial charge in [0.1, 0.15) is 12.2 Å². The van der Waals surface area contributed by atoms with Crippen LogP contribution in [0.5, 0.6) is 0 Å². The normalized spacial score (nSPS) is 9.73. The van der Waals surface area contributed by atoms with E-state index in [0.717, 1.165) is 0 Å². The highest BCUT2D eigenvalue weighted by Gasteiger charge is 2.14. The van der Waals surface area contributed by atoms with Crippen LogP contribution in [0.3, 0.4) is 0 Å². The van der Waals surface area contributed by atoms with Crippen molar-refractivity contribution in [3.63, 3.8) is 0 Å². The molecule has 6 nitrogen and oxygen atoms in total. The second kappa shape index (κ2) is 4.50. The third-order valence-corrected chi connectivity index (χ3v) is 1.91. The number of rotatable bonds is 3. The molecular formula is C9H13N3O3. The number of anilines is 1. The van der Waals surface area contributed by atoms with Gasteiger partial charge in [0.25, 0.3) is 0 Å². The molecule has 0 aliphatic rings. The molecule has 0 aliphatic heterocycles. The maximum Gasteiger partial charge on any atom is 0.354 e. The summed E-state index contributed by atoms with van der Waals surface area (Å²) in [5.41, 5.74) is 6.21. The average molecular weight is 211 g/mol. The van der Waals surface area contributed by atoms with Crippen LogP contribution in [-0.2, 0) is 16.1 Å². The number of nitrogen functional groups attached to an aromatic ring is 1. The summed E-state index contributed by atoms with van der Waals surface area (Å²) in [6.07, 6.45) is 1.52. The number of ether oxygens (including phenoxy) is 1. The van der Waals surface area contributed by atoms with E-state index in [2.05, 4.69) is 10.1 Å². The Morgan fingerprint density at radius 2 is 2.27 bits per heavy atom. The van der Waals surface area contributed by atoms with Crippen molar-refractivity contribution in [3.8, 4) is 0 Å². The number of hydrogen-bond donors (Lipinski definition) is 2. The number of nitrogens with one attached hydrogen (secondary N) is 1. The Bertz CT molecular complexity index is 384. The minimum Gasteiger partial charge on any atom is -0.464 e. The number of hydrogen-bond acceptors (Lipinski definition) is 4. The first-order valence-corrected chi connectivity index (χ1v) is 4.33. The zero-order valence-corrected chi connectivity index (χ0v) is 8.61. The van der Waals surface area contributed by atoms with Gasteiger partial charge < -0.3 is 20.4 Å². The number of aromatic nitrogens is 1. The fourth-order valence-electron chi connectivity index (χ4n) is 1.17. The predicted octanol–water partition coefficient (Wildman–Crippen LogP) is -0.397. The molecule has 0 aliphatic carbocycles. The molecule has 0 spiro atoms. The molecule has 0 aromatic carbocycles. The molecule has 1 aromatic rings. The molecule has 1 aromatic heterocycles. The number of carbonyl (C=O) groups excluding carboxylic acids is 2. The van der Waals surface area contributed by atoms with Crippen molar-refractivity contribution in [1.29, 1.82) is 0 Å². The molecule has 3 N–H and O–H groups in total. The highest BCUT2D eigenvalue weighted by Crippen LogP contribution is 2.11. The van der Waals surface area contributed by atoms with E-state index in [9.17, 15) is 9.59 Å². The lowest BCUT2D eigenvalue weighted by Crippen LogP contribution is -2.25. The average Bonchev–Trinajstić information content (AvgIpc) is 2.58. The summed E-state index contributed by atoms with van der Waals surface area (Å²) in [5, 5.41) is 2.45. The Morgan fingerprint density at radius 1 is 1.60 bits per heavy atom. The lowest BCUT2D eigenvalue weighted by molar-refractivity contribution is -0.121. The number of amides is 1. The lowest BCUT2D eigenvalue weighted by Gasteiger charge is -2.05. The Labute approximate surface area is 87.0 Å². The van der Waals surface area contributed by atoms with Gasteiger partial charge in [-0.2, -0.15) is 0 Å². The molecule has 15 heavy (non-hydrogen) atoms. The van der Waals surface area contributed by atoms with Gasteiger partial charge in [-0.25, -0.2) is 4.79 Å². The number of esters is 1. The fraction of sp³-hybridized carbons (Fsp3) is 0.333. The third kappa shape index (κ3) is 2.49. The fourth-order valence-corrected chi connectivity index (χ4v) is 1.17. The molecule has 0 saturated heterocycles. The monoisotopic (exact) mass is 211 g/mol. The molecule has 0 saturated carbocycles. The maximum atomic E-state index is 11.3. The molecule has 0 bridgehead atoms. The third-order valence-electron chi connectivity index (χ3n) is 1.91. The minimum atomic E-state index is -0.518. The van der Waals surface area contributed by atoms with E-state index in [1.165, 1.54) is 31.0 Å². The molecule has 82 valence electrons. The number of carbonyl (C=O) groups is 2. The SMILES string of the molecule is CNC(=O)Cn1cc(N)cc1C(=O)OC. The Hall–Kier alpha value is -1.98. The molecular weight excluding hydrogens is 198 g/mol. The van der Waals surface area contributed by atoms with E-state index in [-0.39, 0.29) is 18.1 Å². The molecule has 6 heteroatoms. The number of likely N-dealkylation sites (N-methyl/N-ethyl adjacent to an activating group) is 1.